The number of carbonyl (C=O) groups is 1. The van der Waals surface area contributed by atoms with Crippen molar-refractivity contribution in [3.05, 3.63) is 11.6 Å². The van der Waals surface area contributed by atoms with Gasteiger partial charge in [-0.15, -0.1) is 0 Å². The Kier molecular flexibility index (Phi) is 3.46. The fraction of sp³-hybridized carbons (Fsp3) is 0.857. The maximum Gasteiger partial charge on any atom is 0.155 e. The minimum atomic E-state index is -0.678. The first-order valence-electron chi connectivity index (χ1n) is 9.74. The van der Waals surface area contributed by atoms with Gasteiger partial charge >= 0.3 is 0 Å². The van der Waals surface area contributed by atoms with E-state index in [0.717, 1.165) is 25.7 Å². The maximum absolute atomic E-state index is 12.0. The highest BCUT2D eigenvalue weighted by Gasteiger charge is 2.66. The minimum Gasteiger partial charge on any atom is -0.393 e. The van der Waals surface area contributed by atoms with E-state index in [1.165, 1.54) is 5.57 Å². The van der Waals surface area contributed by atoms with Crippen molar-refractivity contribution in [2.24, 2.45) is 34.5 Å². The van der Waals surface area contributed by atoms with E-state index in [9.17, 15) is 15.0 Å². The molecule has 0 aliphatic heterocycles. The molecule has 2 N–H and O–H groups in total. The van der Waals surface area contributed by atoms with Gasteiger partial charge < -0.3 is 10.2 Å². The van der Waals surface area contributed by atoms with E-state index in [-0.39, 0.29) is 28.6 Å². The molecule has 0 aromatic carbocycles. The second-order valence-corrected chi connectivity index (χ2v) is 9.95. The molecule has 4 rings (SSSR count). The Balaban J connectivity index is 1.80. The third-order valence-corrected chi connectivity index (χ3v) is 8.81. The lowest BCUT2D eigenvalue weighted by molar-refractivity contribution is -0.176. The van der Waals surface area contributed by atoms with E-state index < -0.39 is 5.60 Å². The van der Waals surface area contributed by atoms with Crippen LogP contribution in [0.15, 0.2) is 11.6 Å². The Labute approximate surface area is 145 Å². The molecule has 3 fully saturated rings. The molecule has 4 aliphatic rings. The molecule has 0 amide bonds. The Morgan fingerprint density at radius 2 is 1.92 bits per heavy atom. The standard InChI is InChI=1S/C21H32O3/c1-12-9-13-10-14(22)5-7-19(13,2)18-16(23)11-20(3)15(17(12)18)6-8-21(20,4)24/h10,12,15-18,23-24H,5-9,11H2,1-4H3/t12?,15-,16?,17-,18+,19-,20-,21?/m0/s1. The predicted molar refractivity (Wildman–Crippen MR) is 93.3 cm³/mol. The summed E-state index contributed by atoms with van der Waals surface area (Å²) in [5, 5.41) is 22.2. The van der Waals surface area contributed by atoms with Crippen LogP contribution in [0.5, 0.6) is 0 Å². The first-order chi connectivity index (χ1) is 11.1. The number of rotatable bonds is 0. The third-order valence-electron chi connectivity index (χ3n) is 8.81. The molecule has 0 aromatic heterocycles. The largest absolute Gasteiger partial charge is 0.393 e. The van der Waals surface area contributed by atoms with Gasteiger partial charge in [0.15, 0.2) is 5.78 Å². The van der Waals surface area contributed by atoms with Crippen molar-refractivity contribution in [3.63, 3.8) is 0 Å². The molecule has 3 heteroatoms. The van der Waals surface area contributed by atoms with Crippen LogP contribution in [0.4, 0.5) is 0 Å². The monoisotopic (exact) mass is 332 g/mol. The molecule has 0 bridgehead atoms. The average molecular weight is 332 g/mol. The summed E-state index contributed by atoms with van der Waals surface area (Å²) in [5.74, 6) is 1.88. The average Bonchev–Trinajstić information content (AvgIpc) is 2.71. The van der Waals surface area contributed by atoms with E-state index in [1.54, 1.807) is 0 Å². The summed E-state index contributed by atoms with van der Waals surface area (Å²) in [7, 11) is 0. The molecule has 4 aliphatic carbocycles. The van der Waals surface area contributed by atoms with Crippen LogP contribution in [-0.2, 0) is 4.79 Å². The van der Waals surface area contributed by atoms with Gasteiger partial charge in [-0.1, -0.05) is 26.3 Å². The van der Waals surface area contributed by atoms with Crippen molar-refractivity contribution in [2.45, 2.75) is 77.9 Å². The molecule has 3 nitrogen and oxygen atoms in total. The lowest BCUT2D eigenvalue weighted by Crippen LogP contribution is -2.61. The normalized spacial score (nSPS) is 57.0. The topological polar surface area (TPSA) is 57.5 Å². The van der Waals surface area contributed by atoms with E-state index >= 15 is 0 Å². The highest BCUT2D eigenvalue weighted by molar-refractivity contribution is 5.91. The van der Waals surface area contributed by atoms with Crippen molar-refractivity contribution < 1.29 is 15.0 Å². The molecule has 0 heterocycles. The van der Waals surface area contributed by atoms with Crippen LogP contribution in [0.25, 0.3) is 0 Å². The number of carbonyl (C=O) groups excluding carboxylic acids is 1. The van der Waals surface area contributed by atoms with Gasteiger partial charge in [0.25, 0.3) is 0 Å². The van der Waals surface area contributed by atoms with Gasteiger partial charge in [-0.2, -0.15) is 0 Å². The molecule has 8 atom stereocenters. The Morgan fingerprint density at radius 3 is 2.62 bits per heavy atom. The Bertz CT molecular complexity index is 606. The molecular weight excluding hydrogens is 300 g/mol. The van der Waals surface area contributed by atoms with E-state index in [0.29, 0.717) is 30.6 Å². The zero-order valence-electron chi connectivity index (χ0n) is 15.5. The summed E-state index contributed by atoms with van der Waals surface area (Å²) < 4.78 is 0. The van der Waals surface area contributed by atoms with Gasteiger partial charge in [-0.05, 0) is 74.2 Å². The van der Waals surface area contributed by atoms with Crippen molar-refractivity contribution >= 4 is 5.78 Å². The predicted octanol–water partition coefficient (Wildman–Crippen LogP) is 3.49. The van der Waals surface area contributed by atoms with Crippen LogP contribution < -0.4 is 0 Å². The molecule has 0 spiro atoms. The van der Waals surface area contributed by atoms with Crippen molar-refractivity contribution in [1.82, 2.24) is 0 Å². The van der Waals surface area contributed by atoms with Gasteiger partial charge in [-0.3, -0.25) is 4.79 Å². The van der Waals surface area contributed by atoms with Crippen LogP contribution in [0.2, 0.25) is 0 Å². The number of aliphatic hydroxyl groups is 2. The van der Waals surface area contributed by atoms with E-state index in [1.807, 2.05) is 13.0 Å². The smallest absolute Gasteiger partial charge is 0.155 e. The lowest BCUT2D eigenvalue weighted by atomic mass is 9.43. The van der Waals surface area contributed by atoms with Crippen LogP contribution >= 0.6 is 0 Å². The fourth-order valence-corrected chi connectivity index (χ4v) is 7.23. The highest BCUT2D eigenvalue weighted by Crippen LogP contribution is 2.68. The summed E-state index contributed by atoms with van der Waals surface area (Å²) in [6, 6.07) is 0. The SMILES string of the molecule is CC1CC2=CC(=O)CC[C@]2(C)[C@@H]2C(O)C[C@@]3(C)[C@@H](CCC3(C)O)[C@H]12. The van der Waals surface area contributed by atoms with Crippen LogP contribution in [0, 0.1) is 34.5 Å². The second-order valence-electron chi connectivity index (χ2n) is 9.95. The Morgan fingerprint density at radius 1 is 1.21 bits per heavy atom. The van der Waals surface area contributed by atoms with Gasteiger partial charge in [0.2, 0.25) is 0 Å². The van der Waals surface area contributed by atoms with Crippen molar-refractivity contribution in [2.75, 3.05) is 0 Å². The summed E-state index contributed by atoms with van der Waals surface area (Å²) in [5.41, 5.74) is 0.368. The molecular formula is C21H32O3. The van der Waals surface area contributed by atoms with E-state index in [2.05, 4.69) is 20.8 Å². The molecule has 0 radical (unpaired) electrons. The number of hydrogen-bond donors (Lipinski definition) is 2. The minimum absolute atomic E-state index is 0.0414. The zero-order valence-corrected chi connectivity index (χ0v) is 15.5. The van der Waals surface area contributed by atoms with Crippen LogP contribution in [0.1, 0.15) is 66.2 Å². The third kappa shape index (κ3) is 1.94. The zero-order chi connectivity index (χ0) is 17.5. The van der Waals surface area contributed by atoms with Crippen LogP contribution in [-0.4, -0.2) is 27.7 Å². The van der Waals surface area contributed by atoms with Crippen LogP contribution in [0.3, 0.4) is 0 Å². The fourth-order valence-electron chi connectivity index (χ4n) is 7.23. The van der Waals surface area contributed by atoms with Gasteiger partial charge in [0.05, 0.1) is 11.7 Å². The second kappa shape index (κ2) is 4.94. The van der Waals surface area contributed by atoms with Gasteiger partial charge in [0, 0.05) is 11.8 Å². The molecule has 3 unspecified atom stereocenters. The molecule has 3 saturated carbocycles. The molecule has 24 heavy (non-hydrogen) atoms. The number of ketones is 1. The number of fused-ring (bicyclic) bond motifs is 5. The van der Waals surface area contributed by atoms with Crippen molar-refractivity contribution in [3.8, 4) is 0 Å². The maximum atomic E-state index is 12.0. The molecule has 134 valence electrons. The van der Waals surface area contributed by atoms with Gasteiger partial charge in [0.1, 0.15) is 0 Å². The number of allylic oxidation sites excluding steroid dienone is 1. The highest BCUT2D eigenvalue weighted by atomic mass is 16.3. The first-order valence-corrected chi connectivity index (χ1v) is 9.74. The van der Waals surface area contributed by atoms with Gasteiger partial charge in [-0.25, -0.2) is 0 Å². The quantitative estimate of drug-likeness (QED) is 0.714. The number of aliphatic hydroxyl groups excluding tert-OH is 1. The Hall–Kier alpha value is -0.670. The number of hydrogen-bond acceptors (Lipinski definition) is 3. The summed E-state index contributed by atoms with van der Waals surface area (Å²) in [6.45, 7) is 8.76. The summed E-state index contributed by atoms with van der Waals surface area (Å²) in [6.07, 6.45) is 6.57. The molecule has 0 saturated heterocycles. The summed E-state index contributed by atoms with van der Waals surface area (Å²) >= 11 is 0. The summed E-state index contributed by atoms with van der Waals surface area (Å²) in [4.78, 5) is 12.0. The lowest BCUT2D eigenvalue weighted by Gasteiger charge is -2.62. The first kappa shape index (κ1) is 16.8. The van der Waals surface area contributed by atoms with Crippen molar-refractivity contribution in [1.29, 1.82) is 0 Å². The molecule has 0 aromatic rings. The van der Waals surface area contributed by atoms with E-state index in [4.69, 9.17) is 0 Å².